The van der Waals surface area contributed by atoms with Crippen molar-refractivity contribution in [2.24, 2.45) is 0 Å². The molecule has 0 aliphatic carbocycles. The van der Waals surface area contributed by atoms with Crippen LogP contribution in [0.1, 0.15) is 5.56 Å². The number of aromatic amines is 1. The fourth-order valence-electron chi connectivity index (χ4n) is 1.85. The van der Waals surface area contributed by atoms with Crippen LogP contribution in [0, 0.1) is 0 Å². The van der Waals surface area contributed by atoms with Crippen molar-refractivity contribution in [1.82, 2.24) is 4.98 Å². The zero-order valence-corrected chi connectivity index (χ0v) is 8.12. The molecule has 1 aliphatic rings. The second-order valence-corrected chi connectivity index (χ2v) is 3.51. The van der Waals surface area contributed by atoms with Gasteiger partial charge in [-0.05, 0) is 6.07 Å². The van der Waals surface area contributed by atoms with Gasteiger partial charge in [0, 0.05) is 28.7 Å². The molecule has 0 fully saturated rings. The molecule has 2 aromatic rings. The third kappa shape index (κ3) is 1.26. The largest absolute Gasteiger partial charge is 0.486 e. The molecule has 2 heterocycles. The van der Waals surface area contributed by atoms with Gasteiger partial charge in [0.1, 0.15) is 13.2 Å². The van der Waals surface area contributed by atoms with E-state index in [4.69, 9.17) is 14.6 Å². The monoisotopic (exact) mass is 205 g/mol. The van der Waals surface area contributed by atoms with Crippen LogP contribution in [-0.4, -0.2) is 23.3 Å². The molecule has 0 radical (unpaired) electrons. The minimum Gasteiger partial charge on any atom is -0.486 e. The molecule has 0 spiro atoms. The number of ether oxygens (including phenoxy) is 2. The molecule has 0 unspecified atom stereocenters. The molecule has 4 nitrogen and oxygen atoms in total. The predicted octanol–water partition coefficient (Wildman–Crippen LogP) is 1.43. The molecule has 1 aromatic carbocycles. The highest BCUT2D eigenvalue weighted by atomic mass is 16.6. The van der Waals surface area contributed by atoms with Gasteiger partial charge in [-0.3, -0.25) is 0 Å². The Morgan fingerprint density at radius 3 is 2.67 bits per heavy atom. The fourth-order valence-corrected chi connectivity index (χ4v) is 1.85. The first-order valence-electron chi connectivity index (χ1n) is 4.89. The molecular formula is C11H11NO3. The van der Waals surface area contributed by atoms with Gasteiger partial charge >= 0.3 is 0 Å². The zero-order chi connectivity index (χ0) is 10.3. The highest BCUT2D eigenvalue weighted by molar-refractivity contribution is 5.86. The maximum absolute atomic E-state index is 9.14. The van der Waals surface area contributed by atoms with Crippen LogP contribution in [0.15, 0.2) is 18.3 Å². The molecule has 2 N–H and O–H groups in total. The van der Waals surface area contributed by atoms with E-state index in [0.717, 1.165) is 28.0 Å². The molecule has 3 rings (SSSR count). The quantitative estimate of drug-likeness (QED) is 0.740. The van der Waals surface area contributed by atoms with E-state index < -0.39 is 0 Å². The van der Waals surface area contributed by atoms with Crippen LogP contribution in [0.5, 0.6) is 11.5 Å². The molecule has 4 heteroatoms. The summed E-state index contributed by atoms with van der Waals surface area (Å²) in [6.07, 6.45) is 1.80. The lowest BCUT2D eigenvalue weighted by Gasteiger charge is -2.18. The van der Waals surface area contributed by atoms with Crippen LogP contribution in [0.4, 0.5) is 0 Å². The number of nitrogens with one attached hydrogen (secondary N) is 1. The maximum Gasteiger partial charge on any atom is 0.163 e. The normalized spacial score (nSPS) is 14.5. The Morgan fingerprint density at radius 1 is 1.20 bits per heavy atom. The van der Waals surface area contributed by atoms with E-state index in [-0.39, 0.29) is 6.61 Å². The minimum absolute atomic E-state index is 0.0274. The van der Waals surface area contributed by atoms with Gasteiger partial charge < -0.3 is 19.6 Å². The lowest BCUT2D eigenvalue weighted by molar-refractivity contribution is 0.172. The summed E-state index contributed by atoms with van der Waals surface area (Å²) in [4.78, 5) is 3.09. The molecule has 78 valence electrons. The lowest BCUT2D eigenvalue weighted by Crippen LogP contribution is -2.15. The van der Waals surface area contributed by atoms with Gasteiger partial charge in [-0.1, -0.05) is 0 Å². The molecule has 0 saturated carbocycles. The fraction of sp³-hybridized carbons (Fsp3) is 0.273. The number of H-pyrrole nitrogens is 1. The number of aromatic nitrogens is 1. The van der Waals surface area contributed by atoms with Gasteiger partial charge in [0.05, 0.1) is 6.61 Å². The summed E-state index contributed by atoms with van der Waals surface area (Å²) in [6, 6.07) is 3.81. The van der Waals surface area contributed by atoms with Crippen molar-refractivity contribution in [2.75, 3.05) is 13.2 Å². The van der Waals surface area contributed by atoms with Crippen molar-refractivity contribution in [2.45, 2.75) is 6.61 Å². The van der Waals surface area contributed by atoms with Gasteiger partial charge in [-0.25, -0.2) is 0 Å². The van der Waals surface area contributed by atoms with Crippen LogP contribution in [-0.2, 0) is 6.61 Å². The SMILES string of the molecule is OCc1c[nH]c2cc3c(cc12)OCCO3. The van der Waals surface area contributed by atoms with Crippen molar-refractivity contribution in [3.8, 4) is 11.5 Å². The minimum atomic E-state index is 0.0274. The number of fused-ring (bicyclic) bond motifs is 2. The number of aliphatic hydroxyl groups excluding tert-OH is 1. The van der Waals surface area contributed by atoms with Crippen molar-refractivity contribution in [3.63, 3.8) is 0 Å². The average molecular weight is 205 g/mol. The summed E-state index contributed by atoms with van der Waals surface area (Å²) in [6.45, 7) is 1.20. The topological polar surface area (TPSA) is 54.5 Å². The van der Waals surface area contributed by atoms with E-state index in [1.54, 1.807) is 6.20 Å². The van der Waals surface area contributed by atoms with Gasteiger partial charge in [-0.15, -0.1) is 0 Å². The highest BCUT2D eigenvalue weighted by Crippen LogP contribution is 2.35. The van der Waals surface area contributed by atoms with Gasteiger partial charge in [0.15, 0.2) is 11.5 Å². The molecule has 1 aliphatic heterocycles. The van der Waals surface area contributed by atoms with E-state index in [0.29, 0.717) is 13.2 Å². The molecule has 0 saturated heterocycles. The van der Waals surface area contributed by atoms with Crippen LogP contribution in [0.3, 0.4) is 0 Å². The lowest BCUT2D eigenvalue weighted by atomic mass is 10.1. The van der Waals surface area contributed by atoms with E-state index in [1.807, 2.05) is 12.1 Å². The van der Waals surface area contributed by atoms with Crippen molar-refractivity contribution >= 4 is 10.9 Å². The Bertz CT molecular complexity index is 504. The smallest absolute Gasteiger partial charge is 0.163 e. The highest BCUT2D eigenvalue weighted by Gasteiger charge is 2.14. The van der Waals surface area contributed by atoms with E-state index in [2.05, 4.69) is 4.98 Å². The molecular weight excluding hydrogens is 194 g/mol. The number of aliphatic hydroxyl groups is 1. The Hall–Kier alpha value is -1.68. The Morgan fingerprint density at radius 2 is 1.93 bits per heavy atom. The van der Waals surface area contributed by atoms with Crippen molar-refractivity contribution < 1.29 is 14.6 Å². The van der Waals surface area contributed by atoms with Crippen LogP contribution >= 0.6 is 0 Å². The van der Waals surface area contributed by atoms with E-state index >= 15 is 0 Å². The van der Waals surface area contributed by atoms with Crippen molar-refractivity contribution in [1.29, 1.82) is 0 Å². The number of rotatable bonds is 1. The third-order valence-electron chi connectivity index (χ3n) is 2.60. The van der Waals surface area contributed by atoms with Gasteiger partial charge in [-0.2, -0.15) is 0 Å². The second kappa shape index (κ2) is 3.17. The number of benzene rings is 1. The van der Waals surface area contributed by atoms with Gasteiger partial charge in [0.25, 0.3) is 0 Å². The summed E-state index contributed by atoms with van der Waals surface area (Å²) >= 11 is 0. The first kappa shape index (κ1) is 8.61. The predicted molar refractivity (Wildman–Crippen MR) is 55.2 cm³/mol. The first-order valence-corrected chi connectivity index (χ1v) is 4.89. The first-order chi connectivity index (χ1) is 7.38. The molecule has 0 bridgehead atoms. The number of hydrogen-bond acceptors (Lipinski definition) is 3. The molecule has 0 atom stereocenters. The Kier molecular flexibility index (Phi) is 1.82. The standard InChI is InChI=1S/C11H11NO3/c13-6-7-5-12-9-4-11-10(3-8(7)9)14-1-2-15-11/h3-5,12-13H,1-2,6H2. The molecule has 0 amide bonds. The van der Waals surface area contributed by atoms with Crippen LogP contribution in [0.2, 0.25) is 0 Å². The zero-order valence-electron chi connectivity index (χ0n) is 8.12. The van der Waals surface area contributed by atoms with Crippen LogP contribution < -0.4 is 9.47 Å². The summed E-state index contributed by atoms with van der Waals surface area (Å²) in [7, 11) is 0. The van der Waals surface area contributed by atoms with Gasteiger partial charge in [0.2, 0.25) is 0 Å². The molecule has 15 heavy (non-hydrogen) atoms. The maximum atomic E-state index is 9.14. The average Bonchev–Trinajstić information content (AvgIpc) is 2.68. The molecule has 1 aromatic heterocycles. The summed E-state index contributed by atoms with van der Waals surface area (Å²) < 4.78 is 10.9. The van der Waals surface area contributed by atoms with Crippen LogP contribution in [0.25, 0.3) is 10.9 Å². The third-order valence-corrected chi connectivity index (χ3v) is 2.60. The number of hydrogen-bond donors (Lipinski definition) is 2. The van der Waals surface area contributed by atoms with E-state index in [1.165, 1.54) is 0 Å². The van der Waals surface area contributed by atoms with E-state index in [9.17, 15) is 0 Å². The Balaban J connectivity index is 2.23. The summed E-state index contributed by atoms with van der Waals surface area (Å²) in [5, 5.41) is 10.1. The Labute approximate surface area is 86.4 Å². The van der Waals surface area contributed by atoms with Crippen molar-refractivity contribution in [3.05, 3.63) is 23.9 Å². The summed E-state index contributed by atoms with van der Waals surface area (Å²) in [5.74, 6) is 1.52. The summed E-state index contributed by atoms with van der Waals surface area (Å²) in [5.41, 5.74) is 1.84. The second-order valence-electron chi connectivity index (χ2n) is 3.51.